The van der Waals surface area contributed by atoms with E-state index in [2.05, 4.69) is 0 Å². The molecule has 0 radical (unpaired) electrons. The van der Waals surface area contributed by atoms with Gasteiger partial charge in [0.15, 0.2) is 0 Å². The minimum Gasteiger partial charge on any atom is -0.466 e. The average Bonchev–Trinajstić information content (AvgIpc) is 2.73. The van der Waals surface area contributed by atoms with E-state index in [1.165, 1.54) is 42.7 Å². The van der Waals surface area contributed by atoms with Gasteiger partial charge in [-0.25, -0.2) is 0 Å². The molecule has 0 saturated heterocycles. The van der Waals surface area contributed by atoms with E-state index in [1.54, 1.807) is 0 Å². The van der Waals surface area contributed by atoms with Crippen molar-refractivity contribution in [3.8, 4) is 0 Å². The molecule has 0 saturated carbocycles. The topological polar surface area (TPSA) is 108 Å². The highest BCUT2D eigenvalue weighted by Gasteiger charge is 2.37. The normalized spacial score (nSPS) is 12.1. The monoisotopic (exact) mass is 442 g/mol. The lowest BCUT2D eigenvalue weighted by molar-refractivity contribution is -0.150. The Morgan fingerprint density at radius 1 is 0.571 bits per heavy atom. The summed E-state index contributed by atoms with van der Waals surface area (Å²) in [6.45, 7) is 0.410. The fourth-order valence-corrected chi connectivity index (χ4v) is 5.79. The summed E-state index contributed by atoms with van der Waals surface area (Å²) in [6, 6.07) is 1.06. The van der Waals surface area contributed by atoms with E-state index in [0.717, 1.165) is 0 Å². The Morgan fingerprint density at radius 3 is 1.11 bits per heavy atom. The molecule has 0 heterocycles. The van der Waals surface area contributed by atoms with Crippen LogP contribution in [0, 0.1) is 0 Å². The minimum absolute atomic E-state index is 0.0346. The van der Waals surface area contributed by atoms with Crippen LogP contribution in [0.2, 0.25) is 12.1 Å². The summed E-state index contributed by atoms with van der Waals surface area (Å²) in [5.74, 6) is -0.915. The van der Waals surface area contributed by atoms with E-state index in [-0.39, 0.29) is 26.1 Å². The molecule has 0 spiro atoms. The first-order chi connectivity index (χ1) is 13.4. The summed E-state index contributed by atoms with van der Waals surface area (Å²) in [5.41, 5.74) is 0. The Morgan fingerprint density at radius 2 is 0.857 bits per heavy atom. The minimum atomic E-state index is -2.66. The summed E-state index contributed by atoms with van der Waals surface area (Å²) in [6.07, 6.45) is 1.02. The van der Waals surface area contributed by atoms with Crippen LogP contribution < -0.4 is 0 Å². The number of ether oxygens (including phenoxy) is 2. The van der Waals surface area contributed by atoms with Gasteiger partial charge in [-0.3, -0.25) is 9.59 Å². The molecule has 28 heavy (non-hydrogen) atoms. The fourth-order valence-electron chi connectivity index (χ4n) is 2.41. The molecule has 0 atom stereocenters. The summed E-state index contributed by atoms with van der Waals surface area (Å²) in [7, 11) is 3.85. The van der Waals surface area contributed by atoms with E-state index in [1.807, 2.05) is 0 Å². The summed E-state index contributed by atoms with van der Waals surface area (Å²) in [4.78, 5) is 23.4. The van der Waals surface area contributed by atoms with Crippen molar-refractivity contribution in [2.45, 2.75) is 37.8 Å². The van der Waals surface area contributed by atoms with Gasteiger partial charge in [-0.2, -0.15) is 0 Å². The average molecular weight is 443 g/mol. The molecule has 0 aromatic rings. The molecule has 0 bridgehead atoms. The highest BCUT2D eigenvalue weighted by atomic mass is 28.4. The zero-order valence-corrected chi connectivity index (χ0v) is 19.7. The molecule has 0 aliphatic rings. The maximum Gasteiger partial charge on any atom is 0.500 e. The van der Waals surface area contributed by atoms with Crippen molar-refractivity contribution in [2.24, 2.45) is 0 Å². The van der Waals surface area contributed by atoms with Crippen molar-refractivity contribution in [1.82, 2.24) is 0 Å². The van der Waals surface area contributed by atoms with Crippen molar-refractivity contribution >= 4 is 29.5 Å². The van der Waals surface area contributed by atoms with Gasteiger partial charge in [-0.1, -0.05) is 0 Å². The fraction of sp³-hybridized carbons (Fsp3) is 0.875. The van der Waals surface area contributed by atoms with E-state index >= 15 is 0 Å². The number of carbonyl (C=O) groups excluding carboxylic acids is 2. The molecule has 0 aromatic carbocycles. The molecule has 0 aliphatic heterocycles. The predicted molar refractivity (Wildman–Crippen MR) is 104 cm³/mol. The molecule has 0 aliphatic carbocycles. The first-order valence-corrected chi connectivity index (χ1v) is 12.8. The number of esters is 2. The largest absolute Gasteiger partial charge is 0.500 e. The van der Waals surface area contributed by atoms with E-state index < -0.39 is 29.5 Å². The Labute approximate surface area is 169 Å². The van der Waals surface area contributed by atoms with Gasteiger partial charge in [0, 0.05) is 54.7 Å². The lowest BCUT2D eigenvalue weighted by atomic mass is 10.3. The predicted octanol–water partition coefficient (Wildman–Crippen LogP) is 1.39. The van der Waals surface area contributed by atoms with Gasteiger partial charge in [0.25, 0.3) is 0 Å². The standard InChI is InChI=1S/C16H34O10Si2/c1-19-27(20-2,21-3)13-7-11-25-15(17)9-10-16(18)26-12-8-14-28(22-4,23-5)24-6/h7-14H2,1-6H3. The van der Waals surface area contributed by atoms with E-state index in [9.17, 15) is 9.59 Å². The van der Waals surface area contributed by atoms with Gasteiger partial charge in [0.2, 0.25) is 0 Å². The molecule has 166 valence electrons. The van der Waals surface area contributed by atoms with Crippen LogP contribution in [-0.4, -0.2) is 85.4 Å². The lowest BCUT2D eigenvalue weighted by Crippen LogP contribution is -2.42. The first kappa shape index (κ1) is 27.1. The van der Waals surface area contributed by atoms with Crippen LogP contribution in [0.1, 0.15) is 25.7 Å². The second kappa shape index (κ2) is 15.0. The zero-order chi connectivity index (χ0) is 21.5. The SMILES string of the molecule is CO[Si](CCCOC(=O)CCC(=O)OCCC[Si](OC)(OC)OC)(OC)OC. The van der Waals surface area contributed by atoms with Gasteiger partial charge in [0.05, 0.1) is 26.1 Å². The van der Waals surface area contributed by atoms with Crippen molar-refractivity contribution in [1.29, 1.82) is 0 Å². The maximum atomic E-state index is 11.7. The number of carbonyl (C=O) groups is 2. The van der Waals surface area contributed by atoms with Gasteiger partial charge >= 0.3 is 29.5 Å². The van der Waals surface area contributed by atoms with Crippen molar-refractivity contribution < 1.29 is 45.6 Å². The highest BCUT2D eigenvalue weighted by Crippen LogP contribution is 2.16. The molecule has 0 fully saturated rings. The third-order valence-corrected chi connectivity index (χ3v) is 9.84. The molecule has 0 unspecified atom stereocenters. The number of rotatable bonds is 17. The Kier molecular flexibility index (Phi) is 14.6. The molecule has 12 heteroatoms. The Hall–Kier alpha value is -0.866. The quantitative estimate of drug-likeness (QED) is 0.186. The molecule has 0 amide bonds. The molecule has 0 N–H and O–H groups in total. The van der Waals surface area contributed by atoms with Crippen LogP contribution in [0.4, 0.5) is 0 Å². The van der Waals surface area contributed by atoms with Gasteiger partial charge in [-0.15, -0.1) is 0 Å². The van der Waals surface area contributed by atoms with Crippen molar-refractivity contribution in [3.63, 3.8) is 0 Å². The van der Waals surface area contributed by atoms with Crippen LogP contribution in [0.25, 0.3) is 0 Å². The Balaban J connectivity index is 3.91. The summed E-state index contributed by atoms with van der Waals surface area (Å²) in [5, 5.41) is 0. The number of hydrogen-bond acceptors (Lipinski definition) is 10. The van der Waals surface area contributed by atoms with Crippen LogP contribution in [0.15, 0.2) is 0 Å². The molecule has 10 nitrogen and oxygen atoms in total. The van der Waals surface area contributed by atoms with Gasteiger partial charge in [0.1, 0.15) is 0 Å². The molecular weight excluding hydrogens is 408 g/mol. The molecule has 0 aromatic heterocycles. The first-order valence-electron chi connectivity index (χ1n) is 8.98. The summed E-state index contributed by atoms with van der Waals surface area (Å²) >= 11 is 0. The second-order valence-electron chi connectivity index (χ2n) is 5.74. The van der Waals surface area contributed by atoms with Crippen LogP contribution >= 0.6 is 0 Å². The van der Waals surface area contributed by atoms with Crippen molar-refractivity contribution in [2.75, 3.05) is 55.9 Å². The van der Waals surface area contributed by atoms with Crippen LogP contribution in [0.5, 0.6) is 0 Å². The zero-order valence-electron chi connectivity index (χ0n) is 17.7. The van der Waals surface area contributed by atoms with Crippen LogP contribution in [-0.2, 0) is 45.6 Å². The van der Waals surface area contributed by atoms with E-state index in [0.29, 0.717) is 24.9 Å². The molecule has 0 rings (SSSR count). The van der Waals surface area contributed by atoms with Crippen molar-refractivity contribution in [3.05, 3.63) is 0 Å². The molecular formula is C16H34O10Si2. The third kappa shape index (κ3) is 10.1. The van der Waals surface area contributed by atoms with E-state index in [4.69, 9.17) is 36.0 Å². The maximum absolute atomic E-state index is 11.7. The smallest absolute Gasteiger partial charge is 0.466 e. The third-order valence-electron chi connectivity index (χ3n) is 4.18. The number of hydrogen-bond donors (Lipinski definition) is 0. The second-order valence-corrected chi connectivity index (χ2v) is 11.9. The summed E-state index contributed by atoms with van der Waals surface area (Å²) < 4.78 is 41.9. The Bertz CT molecular complexity index is 385. The lowest BCUT2D eigenvalue weighted by Gasteiger charge is -2.24. The highest BCUT2D eigenvalue weighted by molar-refractivity contribution is 6.60. The van der Waals surface area contributed by atoms with Crippen LogP contribution in [0.3, 0.4) is 0 Å². The van der Waals surface area contributed by atoms with Gasteiger partial charge < -0.3 is 36.0 Å². The van der Waals surface area contributed by atoms with Gasteiger partial charge in [-0.05, 0) is 12.8 Å².